The van der Waals surface area contributed by atoms with Crippen LogP contribution in [0.1, 0.15) is 23.2 Å². The highest BCUT2D eigenvalue weighted by molar-refractivity contribution is 7.16. The molecule has 0 aliphatic heterocycles. The number of nitrogens with one attached hydrogen (secondary N) is 2. The van der Waals surface area contributed by atoms with Gasteiger partial charge in [0.05, 0.1) is 33.1 Å². The summed E-state index contributed by atoms with van der Waals surface area (Å²) in [6.45, 7) is 0. The summed E-state index contributed by atoms with van der Waals surface area (Å²) in [5.41, 5.74) is 0.0192. The third-order valence-corrected chi connectivity index (χ3v) is 7.32. The molecule has 0 saturated heterocycles. The van der Waals surface area contributed by atoms with Crippen LogP contribution in [-0.4, -0.2) is 61.9 Å². The molecule has 9 nitrogen and oxygen atoms in total. The molecule has 31 heavy (non-hydrogen) atoms. The predicted molar refractivity (Wildman–Crippen MR) is 116 cm³/mol. The third-order valence-electron chi connectivity index (χ3n) is 6.17. The zero-order valence-electron chi connectivity index (χ0n) is 16.6. The largest absolute Gasteiger partial charge is 0.389 e. The zero-order chi connectivity index (χ0) is 21.9. The molecule has 3 unspecified atom stereocenters. The average Bonchev–Trinajstić information content (AvgIpc) is 3.02. The van der Waals surface area contributed by atoms with Crippen molar-refractivity contribution in [3.05, 3.63) is 33.5 Å². The maximum absolute atomic E-state index is 12.4. The Morgan fingerprint density at radius 1 is 1.32 bits per heavy atom. The number of aliphatic hydroxyl groups excluding tert-OH is 2. The molecule has 5 rings (SSSR count). The number of aromatic nitrogens is 4. The number of imidazole rings is 1. The van der Waals surface area contributed by atoms with Gasteiger partial charge in [-0.3, -0.25) is 4.79 Å². The molecule has 5 atom stereocenters. The van der Waals surface area contributed by atoms with E-state index in [-0.39, 0.29) is 17.6 Å². The average molecular weight is 459 g/mol. The van der Waals surface area contributed by atoms with Gasteiger partial charge in [-0.05, 0) is 30.4 Å². The molecule has 2 saturated carbocycles. The monoisotopic (exact) mass is 458 g/mol. The summed E-state index contributed by atoms with van der Waals surface area (Å²) in [5.74, 6) is 6.25. The fraction of sp³-hybridized carbons (Fsp3) is 0.400. The van der Waals surface area contributed by atoms with Crippen molar-refractivity contribution in [1.29, 1.82) is 0 Å². The molecule has 160 valence electrons. The van der Waals surface area contributed by atoms with E-state index in [0.717, 1.165) is 4.88 Å². The van der Waals surface area contributed by atoms with E-state index >= 15 is 0 Å². The number of hydrogen-bond acceptors (Lipinski definition) is 8. The van der Waals surface area contributed by atoms with Gasteiger partial charge in [0.25, 0.3) is 0 Å². The van der Waals surface area contributed by atoms with Crippen molar-refractivity contribution in [2.75, 3.05) is 19.4 Å². The smallest absolute Gasteiger partial charge is 0.229 e. The van der Waals surface area contributed by atoms with E-state index in [1.54, 1.807) is 24.0 Å². The summed E-state index contributed by atoms with van der Waals surface area (Å²) in [5, 5.41) is 27.0. The maximum atomic E-state index is 12.4. The van der Waals surface area contributed by atoms with Crippen LogP contribution in [0.15, 0.2) is 18.5 Å². The lowest BCUT2D eigenvalue weighted by Gasteiger charge is -2.23. The van der Waals surface area contributed by atoms with Gasteiger partial charge in [-0.15, -0.1) is 11.3 Å². The fourth-order valence-electron chi connectivity index (χ4n) is 4.65. The van der Waals surface area contributed by atoms with E-state index in [9.17, 15) is 15.0 Å². The lowest BCUT2D eigenvalue weighted by atomic mass is 9.98. The maximum Gasteiger partial charge on any atom is 0.229 e. The second-order valence-electron chi connectivity index (χ2n) is 7.68. The number of amides is 1. The number of halogens is 1. The summed E-state index contributed by atoms with van der Waals surface area (Å²) in [7, 11) is 3.26. The molecule has 3 heterocycles. The van der Waals surface area contributed by atoms with E-state index in [2.05, 4.69) is 37.4 Å². The lowest BCUT2D eigenvalue weighted by molar-refractivity contribution is -0.132. The molecule has 0 aromatic carbocycles. The Kier molecular flexibility index (Phi) is 4.67. The van der Waals surface area contributed by atoms with Gasteiger partial charge >= 0.3 is 0 Å². The topological polar surface area (TPSA) is 125 Å². The number of hydrogen-bond donors (Lipinski definition) is 4. The minimum atomic E-state index is -1.16. The first-order chi connectivity index (χ1) is 14.9. The molecule has 2 fully saturated rings. The Morgan fingerprint density at radius 2 is 2.13 bits per heavy atom. The van der Waals surface area contributed by atoms with E-state index in [0.29, 0.717) is 27.7 Å². The van der Waals surface area contributed by atoms with Crippen LogP contribution < -0.4 is 10.6 Å². The Labute approximate surface area is 186 Å². The van der Waals surface area contributed by atoms with Crippen molar-refractivity contribution in [3.8, 4) is 11.8 Å². The standard InChI is InChI=1S/C20H19ClN6O3S/c1-22-17-13-18(26-12(25-17)6-4-9-3-5-11(21)31-9)27(8-24-13)14-10-7-20(10,19(30)23-2)16(29)15(14)28/h3,5,8,10,14-16,28-29H,7H2,1-2H3,(H,23,30)(H,22,25,26)/t10?,14-,15?,16?,20+/m1/s1. The van der Waals surface area contributed by atoms with Crippen molar-refractivity contribution < 1.29 is 15.0 Å². The highest BCUT2D eigenvalue weighted by Gasteiger charge is 2.75. The number of fused-ring (bicyclic) bond motifs is 2. The van der Waals surface area contributed by atoms with Gasteiger partial charge in [0, 0.05) is 20.0 Å². The summed E-state index contributed by atoms with van der Waals surface area (Å²) in [6.07, 6.45) is -0.224. The highest BCUT2D eigenvalue weighted by atomic mass is 35.5. The summed E-state index contributed by atoms with van der Waals surface area (Å²) in [6, 6.07) is 3.06. The van der Waals surface area contributed by atoms with E-state index < -0.39 is 23.7 Å². The fourth-order valence-corrected chi connectivity index (χ4v) is 5.55. The van der Waals surface area contributed by atoms with E-state index in [4.69, 9.17) is 11.6 Å². The molecule has 1 amide bonds. The van der Waals surface area contributed by atoms with Crippen molar-refractivity contribution in [1.82, 2.24) is 24.8 Å². The number of rotatable bonds is 3. The van der Waals surface area contributed by atoms with Gasteiger partial charge in [0.1, 0.15) is 6.10 Å². The number of thiophene rings is 1. The quantitative estimate of drug-likeness (QED) is 0.432. The van der Waals surface area contributed by atoms with Gasteiger partial charge in [-0.1, -0.05) is 11.6 Å². The molecular formula is C20H19ClN6O3S. The van der Waals surface area contributed by atoms with Crippen LogP contribution in [0.3, 0.4) is 0 Å². The number of carbonyl (C=O) groups is 1. The van der Waals surface area contributed by atoms with Crippen molar-refractivity contribution >= 4 is 45.8 Å². The van der Waals surface area contributed by atoms with Gasteiger partial charge in [0.2, 0.25) is 11.7 Å². The third kappa shape index (κ3) is 2.92. The summed E-state index contributed by atoms with van der Waals surface area (Å²) < 4.78 is 2.37. The van der Waals surface area contributed by atoms with Crippen LogP contribution in [0.5, 0.6) is 0 Å². The predicted octanol–water partition coefficient (Wildman–Crippen LogP) is 1.01. The highest BCUT2D eigenvalue weighted by Crippen LogP contribution is 2.67. The second-order valence-corrected chi connectivity index (χ2v) is 9.39. The minimum absolute atomic E-state index is 0.217. The lowest BCUT2D eigenvalue weighted by Crippen LogP contribution is -2.41. The van der Waals surface area contributed by atoms with E-state index in [1.807, 2.05) is 6.07 Å². The Balaban J connectivity index is 1.58. The molecule has 0 bridgehead atoms. The van der Waals surface area contributed by atoms with Crippen LogP contribution >= 0.6 is 22.9 Å². The van der Waals surface area contributed by atoms with Crippen LogP contribution in [0.4, 0.5) is 5.82 Å². The number of anilines is 1. The summed E-state index contributed by atoms with van der Waals surface area (Å²) >= 11 is 7.32. The van der Waals surface area contributed by atoms with Crippen LogP contribution in [-0.2, 0) is 4.79 Å². The molecule has 0 spiro atoms. The number of aliphatic hydroxyl groups is 2. The first-order valence-electron chi connectivity index (χ1n) is 9.68. The van der Waals surface area contributed by atoms with E-state index in [1.165, 1.54) is 18.4 Å². The first kappa shape index (κ1) is 20.2. The van der Waals surface area contributed by atoms with Crippen molar-refractivity contribution in [3.63, 3.8) is 0 Å². The van der Waals surface area contributed by atoms with Gasteiger partial charge in [-0.2, -0.15) is 0 Å². The van der Waals surface area contributed by atoms with Crippen LogP contribution in [0.2, 0.25) is 4.34 Å². The van der Waals surface area contributed by atoms with Crippen molar-refractivity contribution in [2.45, 2.75) is 24.7 Å². The van der Waals surface area contributed by atoms with Gasteiger partial charge in [-0.25, -0.2) is 15.0 Å². The Bertz CT molecular complexity index is 1260. The molecule has 2 aliphatic rings. The normalized spacial score (nSPS) is 28.7. The molecule has 4 N–H and O–H groups in total. The number of nitrogens with zero attached hydrogens (tertiary/aromatic N) is 4. The number of carbonyl (C=O) groups excluding carboxylic acids is 1. The molecular weight excluding hydrogens is 440 g/mol. The Hall–Kier alpha value is -2.71. The van der Waals surface area contributed by atoms with Crippen LogP contribution in [0.25, 0.3) is 11.2 Å². The Morgan fingerprint density at radius 3 is 2.81 bits per heavy atom. The van der Waals surface area contributed by atoms with Crippen LogP contribution in [0, 0.1) is 23.2 Å². The van der Waals surface area contributed by atoms with Crippen molar-refractivity contribution in [2.24, 2.45) is 11.3 Å². The summed E-state index contributed by atoms with van der Waals surface area (Å²) in [4.78, 5) is 26.6. The molecule has 2 aliphatic carbocycles. The zero-order valence-corrected chi connectivity index (χ0v) is 18.2. The van der Waals surface area contributed by atoms with Gasteiger partial charge in [0.15, 0.2) is 17.0 Å². The second kappa shape index (κ2) is 7.17. The SMILES string of the molecule is CNC(=O)[C@@]12CC1[C@@H](n1cnc3c(NC)nc(C#Cc4ccc(Cl)s4)nc31)C(O)C2O. The minimum Gasteiger partial charge on any atom is -0.389 e. The molecule has 0 radical (unpaired) electrons. The first-order valence-corrected chi connectivity index (χ1v) is 10.9. The molecule has 3 aromatic heterocycles. The van der Waals surface area contributed by atoms with Gasteiger partial charge < -0.3 is 25.4 Å². The molecule has 3 aromatic rings. The molecule has 11 heteroatoms.